The first-order valence-corrected chi connectivity index (χ1v) is 12.8. The van der Waals surface area contributed by atoms with Crippen LogP contribution in [0.1, 0.15) is 40.7 Å². The summed E-state index contributed by atoms with van der Waals surface area (Å²) >= 11 is 0. The number of Topliss-reactive ketones (excluding diaryl/α,β-unsaturated/α-hetero) is 2. The Balaban J connectivity index is 1.34. The lowest BCUT2D eigenvalue weighted by Gasteiger charge is -2.46. The Kier molecular flexibility index (Phi) is 5.67. The molecule has 39 heavy (non-hydrogen) atoms. The van der Waals surface area contributed by atoms with Gasteiger partial charge in [0.15, 0.2) is 11.4 Å². The number of aliphatic hydroxyl groups is 3. The van der Waals surface area contributed by atoms with Gasteiger partial charge in [-0.2, -0.15) is 0 Å². The SMILES string of the molecule is NC(=O)C1=C(O)[C@@]2(O)C(=O)C3=C(O)c4c(O)cc(CNC5Cc6ccccc6C5)c(F)c4CC3C[C@H]2CC1=O. The summed E-state index contributed by atoms with van der Waals surface area (Å²) in [5.74, 6) is -7.98. The minimum absolute atomic E-state index is 0.0331. The number of rotatable bonds is 4. The molecule has 10 heteroatoms. The number of phenolic OH excluding ortho intramolecular Hbond substituents is 1. The van der Waals surface area contributed by atoms with Crippen LogP contribution in [0.25, 0.3) is 5.76 Å². The van der Waals surface area contributed by atoms with Crippen LogP contribution in [-0.2, 0) is 40.2 Å². The second-order valence-electron chi connectivity index (χ2n) is 10.9. The molecule has 4 aliphatic carbocycles. The number of halogens is 1. The molecule has 7 N–H and O–H groups in total. The van der Waals surface area contributed by atoms with Crippen molar-refractivity contribution in [3.8, 4) is 5.75 Å². The predicted molar refractivity (Wildman–Crippen MR) is 136 cm³/mol. The number of ketones is 2. The summed E-state index contributed by atoms with van der Waals surface area (Å²) in [6.07, 6.45) is 1.05. The van der Waals surface area contributed by atoms with Crippen molar-refractivity contribution < 1.29 is 39.2 Å². The zero-order valence-electron chi connectivity index (χ0n) is 20.8. The third-order valence-corrected chi connectivity index (χ3v) is 8.70. The van der Waals surface area contributed by atoms with Crippen LogP contribution < -0.4 is 11.1 Å². The van der Waals surface area contributed by atoms with Crippen molar-refractivity contribution in [1.82, 2.24) is 5.32 Å². The molecule has 6 rings (SSSR count). The van der Waals surface area contributed by atoms with E-state index in [4.69, 9.17) is 5.73 Å². The molecule has 4 aliphatic rings. The van der Waals surface area contributed by atoms with Gasteiger partial charge in [-0.3, -0.25) is 14.4 Å². The van der Waals surface area contributed by atoms with E-state index in [1.54, 1.807) is 0 Å². The zero-order valence-corrected chi connectivity index (χ0v) is 20.8. The first-order chi connectivity index (χ1) is 18.5. The molecule has 0 heterocycles. The molecule has 2 aromatic carbocycles. The number of primary amides is 1. The van der Waals surface area contributed by atoms with Gasteiger partial charge in [-0.05, 0) is 48.8 Å². The molecule has 0 aromatic heterocycles. The molecule has 0 spiro atoms. The lowest BCUT2D eigenvalue weighted by molar-refractivity contribution is -0.147. The highest BCUT2D eigenvalue weighted by molar-refractivity contribution is 6.22. The molecule has 3 atom stereocenters. The molecular weight excluding hydrogens is 507 g/mol. The third kappa shape index (κ3) is 3.62. The number of nitrogens with one attached hydrogen (secondary N) is 1. The molecule has 1 amide bonds. The van der Waals surface area contributed by atoms with Gasteiger partial charge in [0.25, 0.3) is 5.91 Å². The van der Waals surface area contributed by atoms with Crippen LogP contribution in [0, 0.1) is 17.7 Å². The Morgan fingerprint density at radius 2 is 1.74 bits per heavy atom. The average Bonchev–Trinajstić information content (AvgIpc) is 3.30. The van der Waals surface area contributed by atoms with Crippen LogP contribution in [-0.4, -0.2) is 49.5 Å². The van der Waals surface area contributed by atoms with E-state index < -0.39 is 70.0 Å². The maximum absolute atomic E-state index is 15.8. The standard InChI is InChI=1S/C29H27FN2O7/c30-24-15(11-32-17-6-12-3-1-2-4-13(12)7-17)9-19(33)22-18(24)8-14-5-16-10-20(34)23(28(31)38)27(37)29(16,39)26(36)21(14)25(22)35/h1-4,9,14,16-17,32-33,35,37,39H,5-8,10-11H2,(H2,31,38)/t14?,16-,29-/m0/s1. The number of aliphatic hydroxyl groups excluding tert-OH is 2. The number of amides is 1. The van der Waals surface area contributed by atoms with Crippen LogP contribution >= 0.6 is 0 Å². The first kappa shape index (κ1) is 25.3. The van der Waals surface area contributed by atoms with Gasteiger partial charge in [0, 0.05) is 41.6 Å². The Morgan fingerprint density at radius 3 is 2.38 bits per heavy atom. The van der Waals surface area contributed by atoms with Crippen molar-refractivity contribution in [2.75, 3.05) is 0 Å². The van der Waals surface area contributed by atoms with Gasteiger partial charge in [-0.1, -0.05) is 24.3 Å². The van der Waals surface area contributed by atoms with Crippen LogP contribution in [0.4, 0.5) is 4.39 Å². The Hall–Kier alpha value is -4.02. The molecule has 9 nitrogen and oxygen atoms in total. The Bertz CT molecular complexity index is 1520. The number of aromatic hydroxyl groups is 1. The van der Waals surface area contributed by atoms with Gasteiger partial charge in [-0.25, -0.2) is 4.39 Å². The number of fused-ring (bicyclic) bond motifs is 4. The number of phenols is 1. The van der Waals surface area contributed by atoms with E-state index in [9.17, 15) is 34.8 Å². The Morgan fingerprint density at radius 1 is 1.08 bits per heavy atom. The second kappa shape index (κ2) is 8.75. The van der Waals surface area contributed by atoms with Crippen LogP contribution in [0.3, 0.4) is 0 Å². The van der Waals surface area contributed by atoms with Gasteiger partial charge >= 0.3 is 0 Å². The summed E-state index contributed by atoms with van der Waals surface area (Å²) in [4.78, 5) is 37.7. The fourth-order valence-electron chi connectivity index (χ4n) is 6.81. The first-order valence-electron chi connectivity index (χ1n) is 12.8. The average molecular weight is 535 g/mol. The number of nitrogens with two attached hydrogens (primary N) is 1. The van der Waals surface area contributed by atoms with E-state index in [-0.39, 0.29) is 47.7 Å². The highest BCUT2D eigenvalue weighted by Gasteiger charge is 2.60. The van der Waals surface area contributed by atoms with Crippen molar-refractivity contribution in [3.63, 3.8) is 0 Å². The quantitative estimate of drug-likeness (QED) is 0.323. The molecule has 0 bridgehead atoms. The van der Waals surface area contributed by atoms with E-state index in [0.29, 0.717) is 0 Å². The molecule has 1 fully saturated rings. The summed E-state index contributed by atoms with van der Waals surface area (Å²) in [5.41, 5.74) is 3.85. The summed E-state index contributed by atoms with van der Waals surface area (Å²) in [6, 6.07) is 9.38. The smallest absolute Gasteiger partial charge is 0.255 e. The highest BCUT2D eigenvalue weighted by Crippen LogP contribution is 2.52. The molecule has 0 aliphatic heterocycles. The predicted octanol–water partition coefficient (Wildman–Crippen LogP) is 1.82. The van der Waals surface area contributed by atoms with E-state index in [1.165, 1.54) is 17.2 Å². The van der Waals surface area contributed by atoms with E-state index >= 15 is 4.39 Å². The van der Waals surface area contributed by atoms with Crippen LogP contribution in [0.15, 0.2) is 47.2 Å². The minimum atomic E-state index is -2.65. The maximum Gasteiger partial charge on any atom is 0.255 e. The fourth-order valence-corrected chi connectivity index (χ4v) is 6.81. The topological polar surface area (TPSA) is 170 Å². The van der Waals surface area contributed by atoms with E-state index in [1.807, 2.05) is 12.1 Å². The van der Waals surface area contributed by atoms with Gasteiger partial charge in [0.2, 0.25) is 5.78 Å². The highest BCUT2D eigenvalue weighted by atomic mass is 19.1. The van der Waals surface area contributed by atoms with Crippen molar-refractivity contribution in [3.05, 3.63) is 80.9 Å². The van der Waals surface area contributed by atoms with Gasteiger partial charge < -0.3 is 31.5 Å². The number of hydrogen-bond donors (Lipinski definition) is 6. The van der Waals surface area contributed by atoms with E-state index in [0.717, 1.165) is 12.8 Å². The molecular formula is C29H27FN2O7. The third-order valence-electron chi connectivity index (χ3n) is 8.70. The zero-order chi connectivity index (χ0) is 27.8. The van der Waals surface area contributed by atoms with Gasteiger partial charge in [0.1, 0.15) is 28.7 Å². The number of carbonyl (C=O) groups excluding carboxylic acids is 3. The van der Waals surface area contributed by atoms with Crippen molar-refractivity contribution in [2.45, 2.75) is 50.3 Å². The summed E-state index contributed by atoms with van der Waals surface area (Å²) in [6.45, 7) is 0.137. The largest absolute Gasteiger partial charge is 0.508 e. The fraction of sp³-hybridized carbons (Fsp3) is 0.345. The van der Waals surface area contributed by atoms with E-state index in [2.05, 4.69) is 17.4 Å². The number of carbonyl (C=O) groups is 3. The molecule has 0 saturated heterocycles. The monoisotopic (exact) mass is 534 g/mol. The normalized spacial score (nSPS) is 26.3. The van der Waals surface area contributed by atoms with Crippen molar-refractivity contribution in [1.29, 1.82) is 0 Å². The van der Waals surface area contributed by atoms with Gasteiger partial charge in [0.05, 0.1) is 5.56 Å². The minimum Gasteiger partial charge on any atom is -0.508 e. The van der Waals surface area contributed by atoms with Crippen molar-refractivity contribution >= 4 is 23.2 Å². The van der Waals surface area contributed by atoms with Crippen molar-refractivity contribution in [2.24, 2.45) is 17.6 Å². The van der Waals surface area contributed by atoms with Crippen LogP contribution in [0.5, 0.6) is 5.75 Å². The lowest BCUT2D eigenvalue weighted by Crippen LogP contribution is -2.58. The van der Waals surface area contributed by atoms with Gasteiger partial charge in [-0.15, -0.1) is 0 Å². The summed E-state index contributed by atoms with van der Waals surface area (Å²) in [7, 11) is 0. The number of hydrogen-bond acceptors (Lipinski definition) is 8. The molecule has 0 radical (unpaired) electrons. The molecule has 1 saturated carbocycles. The molecule has 2 aromatic rings. The Labute approximate surface area is 222 Å². The van der Waals surface area contributed by atoms with Crippen LogP contribution in [0.2, 0.25) is 0 Å². The maximum atomic E-state index is 15.8. The molecule has 202 valence electrons. The summed E-state index contributed by atoms with van der Waals surface area (Å²) < 4.78 is 15.8. The second-order valence-corrected chi connectivity index (χ2v) is 10.9. The molecule has 1 unspecified atom stereocenters. The lowest BCUT2D eigenvalue weighted by atomic mass is 9.59. The summed E-state index contributed by atoms with van der Waals surface area (Å²) in [5, 5.41) is 47.1. The number of benzene rings is 2.